The van der Waals surface area contributed by atoms with Crippen LogP contribution in [0, 0.1) is 0 Å². The van der Waals surface area contributed by atoms with Crippen LogP contribution >= 0.6 is 0 Å². The van der Waals surface area contributed by atoms with Crippen LogP contribution in [-0.4, -0.2) is 29.5 Å². The summed E-state index contributed by atoms with van der Waals surface area (Å²) in [5, 5.41) is 15.2. The molecule has 0 aromatic heterocycles. The maximum atomic E-state index is 11.6. The first-order valence-electron chi connectivity index (χ1n) is 5.01. The highest BCUT2D eigenvalue weighted by Crippen LogP contribution is 2.07. The minimum absolute atomic E-state index is 0.0556. The van der Waals surface area contributed by atoms with Crippen LogP contribution in [0.15, 0.2) is 34.6 Å². The predicted octanol–water partition coefficient (Wildman–Crippen LogP) is 2.09. The van der Waals surface area contributed by atoms with Crippen LogP contribution < -0.4 is 0 Å². The lowest BCUT2D eigenvalue weighted by Gasteiger charge is -2.02. The second-order valence-electron chi connectivity index (χ2n) is 3.45. The van der Waals surface area contributed by atoms with Crippen LogP contribution in [0.2, 0.25) is 0 Å². The number of carbonyl (C=O) groups is 1. The Bertz CT molecular complexity index is 461. The van der Waals surface area contributed by atoms with Gasteiger partial charge in [0.15, 0.2) is 0 Å². The van der Waals surface area contributed by atoms with Gasteiger partial charge in [-0.25, -0.2) is 0 Å². The Morgan fingerprint density at radius 3 is 2.18 bits per heavy atom. The Kier molecular flexibility index (Phi) is 4.39. The minimum Gasteiger partial charge on any atom is -0.411 e. The van der Waals surface area contributed by atoms with E-state index in [2.05, 4.69) is 15.1 Å². The molecule has 90 valence electrons. The Labute approximate surface area is 99.4 Å². The van der Waals surface area contributed by atoms with Crippen molar-refractivity contribution in [3.05, 3.63) is 35.4 Å². The SMILES string of the molecule is CO/N=C(\C)c1ccc(C(=O)/C(C)=N/O)cc1. The van der Waals surface area contributed by atoms with Gasteiger partial charge >= 0.3 is 0 Å². The van der Waals surface area contributed by atoms with E-state index in [9.17, 15) is 4.79 Å². The van der Waals surface area contributed by atoms with Crippen LogP contribution in [0.3, 0.4) is 0 Å². The molecular weight excluding hydrogens is 220 g/mol. The molecule has 0 saturated carbocycles. The zero-order chi connectivity index (χ0) is 12.8. The normalized spacial score (nSPS) is 12.4. The number of oxime groups is 2. The predicted molar refractivity (Wildman–Crippen MR) is 64.9 cm³/mol. The van der Waals surface area contributed by atoms with Crippen molar-refractivity contribution in [1.29, 1.82) is 0 Å². The minimum atomic E-state index is -0.305. The maximum Gasteiger partial charge on any atom is 0.210 e. The number of nitrogens with zero attached hydrogens (tertiary/aromatic N) is 2. The first-order chi connectivity index (χ1) is 8.10. The van der Waals surface area contributed by atoms with E-state index in [1.807, 2.05) is 0 Å². The molecule has 0 aliphatic rings. The molecule has 1 rings (SSSR count). The van der Waals surface area contributed by atoms with Crippen LogP contribution in [0.5, 0.6) is 0 Å². The Hall–Kier alpha value is -2.17. The lowest BCUT2D eigenvalue weighted by molar-refractivity contribution is 0.106. The second-order valence-corrected chi connectivity index (χ2v) is 3.45. The van der Waals surface area contributed by atoms with Crippen molar-refractivity contribution in [3.8, 4) is 0 Å². The van der Waals surface area contributed by atoms with Gasteiger partial charge in [-0.15, -0.1) is 0 Å². The van der Waals surface area contributed by atoms with E-state index in [0.29, 0.717) is 5.56 Å². The second kappa shape index (κ2) is 5.79. The molecule has 0 aliphatic carbocycles. The van der Waals surface area contributed by atoms with Crippen molar-refractivity contribution in [2.75, 3.05) is 7.11 Å². The molecule has 1 aromatic rings. The number of hydrogen-bond donors (Lipinski definition) is 1. The first-order valence-corrected chi connectivity index (χ1v) is 5.01. The van der Waals surface area contributed by atoms with Gasteiger partial charge in [-0.2, -0.15) is 0 Å². The molecule has 5 heteroatoms. The summed E-state index contributed by atoms with van der Waals surface area (Å²) in [6.45, 7) is 3.26. The smallest absolute Gasteiger partial charge is 0.210 e. The van der Waals surface area contributed by atoms with Crippen molar-refractivity contribution in [2.24, 2.45) is 10.3 Å². The highest BCUT2D eigenvalue weighted by molar-refractivity contribution is 6.45. The van der Waals surface area contributed by atoms with Crippen molar-refractivity contribution in [1.82, 2.24) is 0 Å². The van der Waals surface area contributed by atoms with Gasteiger partial charge in [0, 0.05) is 5.56 Å². The highest BCUT2D eigenvalue weighted by atomic mass is 16.6. The van der Waals surface area contributed by atoms with E-state index in [4.69, 9.17) is 5.21 Å². The monoisotopic (exact) mass is 234 g/mol. The number of rotatable bonds is 4. The van der Waals surface area contributed by atoms with Crippen molar-refractivity contribution < 1.29 is 14.8 Å². The number of carbonyl (C=O) groups excluding carboxylic acids is 1. The van der Waals surface area contributed by atoms with Gasteiger partial charge in [0.1, 0.15) is 12.8 Å². The summed E-state index contributed by atoms with van der Waals surface area (Å²) in [6, 6.07) is 6.83. The molecule has 5 nitrogen and oxygen atoms in total. The third-order valence-corrected chi connectivity index (χ3v) is 2.27. The molecular formula is C12H14N2O3. The van der Waals surface area contributed by atoms with E-state index in [-0.39, 0.29) is 11.5 Å². The molecule has 0 unspecified atom stereocenters. The summed E-state index contributed by atoms with van der Waals surface area (Å²) in [5.74, 6) is -0.305. The van der Waals surface area contributed by atoms with Gasteiger partial charge in [-0.1, -0.05) is 34.6 Å². The zero-order valence-electron chi connectivity index (χ0n) is 9.97. The summed E-state index contributed by atoms with van der Waals surface area (Å²) in [5.41, 5.74) is 2.11. The molecule has 0 amide bonds. The lowest BCUT2D eigenvalue weighted by Crippen LogP contribution is -2.10. The quantitative estimate of drug-likeness (QED) is 0.375. The van der Waals surface area contributed by atoms with Crippen LogP contribution in [0.1, 0.15) is 29.8 Å². The molecule has 0 aliphatic heterocycles. The van der Waals surface area contributed by atoms with Gasteiger partial charge in [0.2, 0.25) is 5.78 Å². The molecule has 0 fully saturated rings. The van der Waals surface area contributed by atoms with Gasteiger partial charge in [-0.3, -0.25) is 4.79 Å². The topological polar surface area (TPSA) is 71.2 Å². The van der Waals surface area contributed by atoms with Crippen LogP contribution in [-0.2, 0) is 4.84 Å². The molecule has 0 spiro atoms. The number of ketones is 1. The molecule has 0 atom stereocenters. The Balaban J connectivity index is 2.96. The fourth-order valence-corrected chi connectivity index (χ4v) is 1.31. The maximum absolute atomic E-state index is 11.6. The fraction of sp³-hybridized carbons (Fsp3) is 0.250. The summed E-state index contributed by atoms with van der Waals surface area (Å²) in [6.07, 6.45) is 0. The Morgan fingerprint density at radius 1 is 1.18 bits per heavy atom. The highest BCUT2D eigenvalue weighted by Gasteiger charge is 2.10. The largest absolute Gasteiger partial charge is 0.411 e. The van der Waals surface area contributed by atoms with E-state index < -0.39 is 0 Å². The summed E-state index contributed by atoms with van der Waals surface area (Å²) in [4.78, 5) is 16.3. The van der Waals surface area contributed by atoms with Gasteiger partial charge in [-0.05, 0) is 19.4 Å². The van der Waals surface area contributed by atoms with Crippen LogP contribution in [0.4, 0.5) is 0 Å². The zero-order valence-corrected chi connectivity index (χ0v) is 9.97. The summed E-state index contributed by atoms with van der Waals surface area (Å²) in [7, 11) is 1.47. The van der Waals surface area contributed by atoms with Crippen LogP contribution in [0.25, 0.3) is 0 Å². The standard InChI is InChI=1S/C12H14N2O3/c1-8(14-17-3)10-4-6-11(7-5-10)12(15)9(2)13-16/h4-7,16H,1-3H3/b13-9+,14-8+. The molecule has 1 aromatic carbocycles. The molecule has 0 saturated heterocycles. The van der Waals surface area contributed by atoms with Crippen molar-refractivity contribution >= 4 is 17.2 Å². The average molecular weight is 234 g/mol. The van der Waals surface area contributed by atoms with E-state index >= 15 is 0 Å². The molecule has 1 N–H and O–H groups in total. The van der Waals surface area contributed by atoms with Gasteiger partial charge in [0.25, 0.3) is 0 Å². The number of Topliss-reactive ketones (excluding diaryl/α,β-unsaturated/α-hetero) is 1. The summed E-state index contributed by atoms with van der Waals surface area (Å²) < 4.78 is 0. The van der Waals surface area contributed by atoms with E-state index in [1.165, 1.54) is 14.0 Å². The molecule has 17 heavy (non-hydrogen) atoms. The van der Waals surface area contributed by atoms with E-state index in [1.54, 1.807) is 31.2 Å². The number of benzene rings is 1. The average Bonchev–Trinajstić information content (AvgIpc) is 2.37. The number of hydrogen-bond acceptors (Lipinski definition) is 5. The third kappa shape index (κ3) is 3.14. The fourth-order valence-electron chi connectivity index (χ4n) is 1.31. The lowest BCUT2D eigenvalue weighted by atomic mass is 10.0. The van der Waals surface area contributed by atoms with Gasteiger partial charge < -0.3 is 10.0 Å². The van der Waals surface area contributed by atoms with Crippen molar-refractivity contribution in [2.45, 2.75) is 13.8 Å². The Morgan fingerprint density at radius 2 is 1.71 bits per heavy atom. The first kappa shape index (κ1) is 12.9. The van der Waals surface area contributed by atoms with Gasteiger partial charge in [0.05, 0.1) is 5.71 Å². The molecule has 0 heterocycles. The third-order valence-electron chi connectivity index (χ3n) is 2.27. The molecule has 0 radical (unpaired) electrons. The molecule has 0 bridgehead atoms. The van der Waals surface area contributed by atoms with Crippen molar-refractivity contribution in [3.63, 3.8) is 0 Å². The van der Waals surface area contributed by atoms with E-state index in [0.717, 1.165) is 11.3 Å². The summed E-state index contributed by atoms with van der Waals surface area (Å²) >= 11 is 0.